The normalized spacial score (nSPS) is 22.4. The predicted molar refractivity (Wildman–Crippen MR) is 182 cm³/mol. The number of primary amides is 1. The monoisotopic (exact) mass is 674 g/mol. The number of aliphatic hydroxyl groups excluding tert-OH is 2. The Balaban J connectivity index is 1.55. The zero-order chi connectivity index (χ0) is 36.1. The van der Waals surface area contributed by atoms with Crippen molar-refractivity contribution in [1.29, 1.82) is 0 Å². The van der Waals surface area contributed by atoms with Crippen molar-refractivity contribution in [3.05, 3.63) is 105 Å². The number of nitrogens with two attached hydrogens (primary N) is 1. The third-order valence-electron chi connectivity index (χ3n) is 9.58. The molecule has 6 N–H and O–H groups in total. The molecular formula is C39H34N2O9. The average molecular weight is 675 g/mol. The lowest BCUT2D eigenvalue weighted by Crippen LogP contribution is -2.65. The summed E-state index contributed by atoms with van der Waals surface area (Å²) in [5.74, 6) is 6.10. The number of phenols is 1. The van der Waals surface area contributed by atoms with E-state index in [4.69, 9.17) is 15.2 Å². The van der Waals surface area contributed by atoms with Crippen LogP contribution in [0.1, 0.15) is 39.8 Å². The summed E-state index contributed by atoms with van der Waals surface area (Å²) in [7, 11) is 6.20. The van der Waals surface area contributed by atoms with Gasteiger partial charge in [-0.15, -0.1) is 0 Å². The van der Waals surface area contributed by atoms with Crippen LogP contribution in [0.5, 0.6) is 17.2 Å². The van der Waals surface area contributed by atoms with Gasteiger partial charge in [0.1, 0.15) is 34.3 Å². The maximum absolute atomic E-state index is 14.3. The highest BCUT2D eigenvalue weighted by molar-refractivity contribution is 6.24. The predicted octanol–water partition coefficient (Wildman–Crippen LogP) is 2.78. The van der Waals surface area contributed by atoms with Crippen molar-refractivity contribution in [1.82, 2.24) is 4.90 Å². The van der Waals surface area contributed by atoms with Gasteiger partial charge < -0.3 is 35.6 Å². The van der Waals surface area contributed by atoms with Crippen LogP contribution in [0.15, 0.2) is 71.5 Å². The standard InChI is InChI=1S/C39H34N2O9/c1-41(2)32-28-19-24-18-27-22(11-5-20-7-13-25(49-3)14-8-20)17-23(12-6-21-9-15-26(50-4)16-10-21)33(42)30(27)34(43)29(24)36(45)39(28,48)37(46)31(35(32)44)38(40)47/h7-10,13-17,24,28,32,42-43,46,48H,18-19H2,1-4H3,(H2,40,47)/t24-,28+,32+,39+/m0/s1. The Morgan fingerprint density at radius 2 is 1.42 bits per heavy atom. The quantitative estimate of drug-likeness (QED) is 0.204. The first-order chi connectivity index (χ1) is 23.8. The summed E-state index contributed by atoms with van der Waals surface area (Å²) in [6.45, 7) is 0. The number of ether oxygens (including phenoxy) is 2. The number of benzene rings is 3. The smallest absolute Gasteiger partial charge is 0.255 e. The van der Waals surface area contributed by atoms with Gasteiger partial charge in [0.25, 0.3) is 5.91 Å². The molecule has 0 bridgehead atoms. The summed E-state index contributed by atoms with van der Waals surface area (Å²) in [5.41, 5.74) is 3.70. The minimum absolute atomic E-state index is 0.0447. The van der Waals surface area contributed by atoms with Gasteiger partial charge in [-0.1, -0.05) is 23.7 Å². The van der Waals surface area contributed by atoms with Gasteiger partial charge in [-0.2, -0.15) is 0 Å². The maximum atomic E-state index is 14.3. The topological polar surface area (TPSA) is 180 Å². The number of phenolic OH excluding ortho intramolecular Hbond substituents is 1. The molecule has 3 aliphatic rings. The molecule has 0 saturated heterocycles. The number of aromatic hydroxyl groups is 1. The molecule has 0 heterocycles. The molecule has 0 unspecified atom stereocenters. The second-order valence-electron chi connectivity index (χ2n) is 12.6. The van der Waals surface area contributed by atoms with Crippen LogP contribution in [-0.2, 0) is 20.8 Å². The molecular weight excluding hydrogens is 640 g/mol. The molecule has 50 heavy (non-hydrogen) atoms. The molecule has 0 aromatic heterocycles. The number of hydrogen-bond acceptors (Lipinski definition) is 10. The molecule has 3 aromatic carbocycles. The number of aliphatic hydroxyl groups is 3. The van der Waals surface area contributed by atoms with Crippen LogP contribution in [0, 0.1) is 35.5 Å². The van der Waals surface area contributed by atoms with Crippen molar-refractivity contribution >= 4 is 23.2 Å². The van der Waals surface area contributed by atoms with Crippen molar-refractivity contribution in [2.45, 2.75) is 24.5 Å². The third-order valence-corrected chi connectivity index (χ3v) is 9.58. The number of carbonyl (C=O) groups is 3. The summed E-state index contributed by atoms with van der Waals surface area (Å²) in [6.07, 6.45) is 0.0395. The van der Waals surface area contributed by atoms with Crippen LogP contribution in [0.4, 0.5) is 0 Å². The summed E-state index contributed by atoms with van der Waals surface area (Å²) in [4.78, 5) is 41.5. The molecule has 1 amide bonds. The molecule has 11 nitrogen and oxygen atoms in total. The van der Waals surface area contributed by atoms with E-state index in [9.17, 15) is 34.8 Å². The van der Waals surface area contributed by atoms with Crippen molar-refractivity contribution in [2.24, 2.45) is 17.6 Å². The first kappa shape index (κ1) is 33.9. The molecule has 11 heteroatoms. The lowest BCUT2D eigenvalue weighted by atomic mass is 9.57. The number of amides is 1. The van der Waals surface area contributed by atoms with E-state index in [0.29, 0.717) is 33.8 Å². The molecule has 1 fully saturated rings. The number of likely N-dealkylation sites (N-methyl/N-ethyl adjacent to an activating group) is 1. The summed E-state index contributed by atoms with van der Waals surface area (Å²) in [5, 5.41) is 46.5. The maximum Gasteiger partial charge on any atom is 0.255 e. The number of ketones is 2. The van der Waals surface area contributed by atoms with Gasteiger partial charge in [-0.3, -0.25) is 19.3 Å². The lowest BCUT2D eigenvalue weighted by molar-refractivity contribution is -0.153. The minimum Gasteiger partial charge on any atom is -0.508 e. The van der Waals surface area contributed by atoms with Crippen LogP contribution in [-0.4, -0.2) is 82.8 Å². The van der Waals surface area contributed by atoms with Crippen molar-refractivity contribution in [3.8, 4) is 40.9 Å². The van der Waals surface area contributed by atoms with E-state index >= 15 is 0 Å². The Hall–Kier alpha value is -6.01. The van der Waals surface area contributed by atoms with Gasteiger partial charge in [0.2, 0.25) is 5.78 Å². The molecule has 0 radical (unpaired) electrons. The Labute approximate surface area is 288 Å². The molecule has 0 aliphatic heterocycles. The second kappa shape index (κ2) is 12.8. The highest BCUT2D eigenvalue weighted by Crippen LogP contribution is 2.53. The van der Waals surface area contributed by atoms with Crippen molar-refractivity contribution < 1.29 is 44.3 Å². The van der Waals surface area contributed by atoms with Gasteiger partial charge in [0.05, 0.1) is 31.4 Å². The van der Waals surface area contributed by atoms with Crippen molar-refractivity contribution in [2.75, 3.05) is 28.3 Å². The fourth-order valence-corrected chi connectivity index (χ4v) is 7.15. The third kappa shape index (κ3) is 5.43. The van der Waals surface area contributed by atoms with Crippen LogP contribution in [0.3, 0.4) is 0 Å². The van der Waals surface area contributed by atoms with Crippen molar-refractivity contribution in [3.63, 3.8) is 0 Å². The molecule has 0 spiro atoms. The van der Waals surface area contributed by atoms with Crippen LogP contribution >= 0.6 is 0 Å². The Morgan fingerprint density at radius 3 is 1.92 bits per heavy atom. The number of Topliss-reactive ketones (excluding diaryl/α,β-unsaturated/α-hetero) is 2. The summed E-state index contributed by atoms with van der Waals surface area (Å²) in [6, 6.07) is 14.5. The average Bonchev–Trinajstić information content (AvgIpc) is 3.09. The van der Waals surface area contributed by atoms with E-state index in [2.05, 4.69) is 23.7 Å². The molecule has 1 saturated carbocycles. The Morgan fingerprint density at radius 1 is 0.880 bits per heavy atom. The second-order valence-corrected chi connectivity index (χ2v) is 12.6. The molecule has 6 rings (SSSR count). The fraction of sp³-hybridized carbons (Fsp3) is 0.256. The summed E-state index contributed by atoms with van der Waals surface area (Å²) < 4.78 is 10.4. The number of nitrogens with zero attached hydrogens (tertiary/aromatic N) is 1. The van der Waals surface area contributed by atoms with E-state index in [1.165, 1.54) is 4.90 Å². The van der Waals surface area contributed by atoms with Gasteiger partial charge in [0, 0.05) is 28.2 Å². The lowest BCUT2D eigenvalue weighted by Gasteiger charge is -2.50. The highest BCUT2D eigenvalue weighted by Gasteiger charge is 2.64. The number of fused-ring (bicyclic) bond motifs is 3. The first-order valence-electron chi connectivity index (χ1n) is 15.7. The molecule has 254 valence electrons. The first-order valence-corrected chi connectivity index (χ1v) is 15.7. The Kier molecular flexibility index (Phi) is 8.66. The molecule has 3 aromatic rings. The van der Waals surface area contributed by atoms with Crippen LogP contribution in [0.2, 0.25) is 0 Å². The number of carbonyl (C=O) groups excluding carboxylic acids is 3. The van der Waals surface area contributed by atoms with E-state index in [0.717, 1.165) is 0 Å². The minimum atomic E-state index is -2.75. The van der Waals surface area contributed by atoms with Crippen LogP contribution < -0.4 is 15.2 Å². The summed E-state index contributed by atoms with van der Waals surface area (Å²) >= 11 is 0. The number of methoxy groups -OCH3 is 2. The number of hydrogen-bond donors (Lipinski definition) is 5. The Bertz CT molecular complexity index is 2140. The molecule has 3 aliphatic carbocycles. The highest BCUT2D eigenvalue weighted by atomic mass is 16.5. The SMILES string of the molecule is COc1ccc(C#Cc2cc(C#Cc3ccc(OC)cc3)c3c(c2O)C(O)=C2C(=O)[C@@]4(O)C(O)=C(C(N)=O)C(=O)[C@H](N(C)C)[C@H]4C[C@@H]2C3)cc1. The van der Waals surface area contributed by atoms with Gasteiger partial charge in [-0.05, 0) is 93.0 Å². The fourth-order valence-electron chi connectivity index (χ4n) is 7.15. The van der Waals surface area contributed by atoms with E-state index < -0.39 is 63.8 Å². The van der Waals surface area contributed by atoms with E-state index in [-0.39, 0.29) is 29.5 Å². The van der Waals surface area contributed by atoms with E-state index in [1.807, 2.05) is 0 Å². The zero-order valence-electron chi connectivity index (χ0n) is 27.7. The van der Waals surface area contributed by atoms with Gasteiger partial charge in [0.15, 0.2) is 11.4 Å². The molecule has 4 atom stereocenters. The van der Waals surface area contributed by atoms with Crippen LogP contribution in [0.25, 0.3) is 5.76 Å². The largest absolute Gasteiger partial charge is 0.508 e. The zero-order valence-corrected chi connectivity index (χ0v) is 27.7. The van der Waals surface area contributed by atoms with Gasteiger partial charge >= 0.3 is 0 Å². The van der Waals surface area contributed by atoms with E-state index in [1.54, 1.807) is 82.9 Å². The van der Waals surface area contributed by atoms with Gasteiger partial charge in [-0.25, -0.2) is 0 Å². The number of rotatable bonds is 4.